The first-order valence-electron chi connectivity index (χ1n) is 9.80. The Kier molecular flexibility index (Phi) is 4.62. The van der Waals surface area contributed by atoms with Crippen molar-refractivity contribution < 1.29 is 13.6 Å². The van der Waals surface area contributed by atoms with E-state index in [-0.39, 0.29) is 11.6 Å². The molecule has 2 aromatic heterocycles. The van der Waals surface area contributed by atoms with Crippen molar-refractivity contribution in [3.05, 3.63) is 52.7 Å². The highest BCUT2D eigenvalue weighted by Gasteiger charge is 2.30. The lowest BCUT2D eigenvalue weighted by atomic mass is 10.1. The molecule has 154 valence electrons. The molecule has 2 aliphatic heterocycles. The van der Waals surface area contributed by atoms with Crippen LogP contribution < -0.4 is 15.5 Å². The predicted octanol–water partition coefficient (Wildman–Crippen LogP) is 3.87. The van der Waals surface area contributed by atoms with Crippen molar-refractivity contribution in [2.24, 2.45) is 0 Å². The Hall–Kier alpha value is -3.07. The topological polar surface area (TPSA) is 75.3 Å². The highest BCUT2D eigenvalue weighted by atomic mass is 32.1. The molecular formula is C21H19F2N5OS. The van der Waals surface area contributed by atoms with Gasteiger partial charge in [0.1, 0.15) is 21.5 Å². The third-order valence-electron chi connectivity index (χ3n) is 5.49. The number of nitrogens with zero attached hydrogens (tertiary/aromatic N) is 4. The van der Waals surface area contributed by atoms with Crippen LogP contribution in [0.1, 0.15) is 28.2 Å². The Balaban J connectivity index is 1.44. The molecule has 0 saturated carbocycles. The molecular weight excluding hydrogens is 408 g/mol. The highest BCUT2D eigenvalue weighted by molar-refractivity contribution is 7.17. The van der Waals surface area contributed by atoms with Gasteiger partial charge in [-0.3, -0.25) is 4.79 Å². The number of pyridine rings is 1. The van der Waals surface area contributed by atoms with E-state index in [2.05, 4.69) is 14.9 Å². The van der Waals surface area contributed by atoms with E-state index in [1.807, 2.05) is 0 Å². The maximum Gasteiger partial charge on any atom is 0.270 e. The number of hydrogen-bond donors (Lipinski definition) is 1. The van der Waals surface area contributed by atoms with E-state index in [1.165, 1.54) is 18.2 Å². The lowest BCUT2D eigenvalue weighted by molar-refractivity contribution is 0.0984. The van der Waals surface area contributed by atoms with Gasteiger partial charge in [-0.1, -0.05) is 0 Å². The SMILES string of the molecule is Nc1cc(N2CCc3nc(-c4ccc(N5CCCC5)nc4F)sc3C2=O)ccc1F. The minimum Gasteiger partial charge on any atom is -0.396 e. The summed E-state index contributed by atoms with van der Waals surface area (Å²) in [4.78, 5) is 25.7. The number of thiazole rings is 1. The van der Waals surface area contributed by atoms with Crippen LogP contribution in [0.4, 0.5) is 26.0 Å². The maximum atomic E-state index is 14.8. The Bertz CT molecular complexity index is 1140. The van der Waals surface area contributed by atoms with Gasteiger partial charge in [0.25, 0.3) is 5.91 Å². The van der Waals surface area contributed by atoms with Crippen LogP contribution in [0.5, 0.6) is 0 Å². The van der Waals surface area contributed by atoms with E-state index < -0.39 is 11.8 Å². The van der Waals surface area contributed by atoms with Crippen molar-refractivity contribution in [1.29, 1.82) is 0 Å². The molecule has 0 unspecified atom stereocenters. The molecule has 4 heterocycles. The van der Waals surface area contributed by atoms with Gasteiger partial charge < -0.3 is 15.5 Å². The number of fused-ring (bicyclic) bond motifs is 1. The van der Waals surface area contributed by atoms with E-state index in [9.17, 15) is 13.6 Å². The molecule has 9 heteroatoms. The van der Waals surface area contributed by atoms with E-state index in [0.29, 0.717) is 45.6 Å². The molecule has 30 heavy (non-hydrogen) atoms. The fourth-order valence-corrected chi connectivity index (χ4v) is 4.97. The number of aromatic nitrogens is 2. The second kappa shape index (κ2) is 7.32. The fraction of sp³-hybridized carbons (Fsp3) is 0.286. The molecule has 1 amide bonds. The maximum absolute atomic E-state index is 14.8. The molecule has 0 aliphatic carbocycles. The number of benzene rings is 1. The molecule has 0 bridgehead atoms. The third kappa shape index (κ3) is 3.19. The molecule has 2 N–H and O–H groups in total. The number of hydrogen-bond acceptors (Lipinski definition) is 6. The summed E-state index contributed by atoms with van der Waals surface area (Å²) in [5, 5.41) is 0.437. The summed E-state index contributed by atoms with van der Waals surface area (Å²) in [6, 6.07) is 7.70. The minimum atomic E-state index is -0.582. The van der Waals surface area contributed by atoms with Gasteiger partial charge in [0, 0.05) is 31.7 Å². The summed E-state index contributed by atoms with van der Waals surface area (Å²) in [5.74, 6) is -0.718. The molecule has 2 aliphatic rings. The van der Waals surface area contributed by atoms with Gasteiger partial charge in [-0.15, -0.1) is 11.3 Å². The molecule has 3 aromatic rings. The van der Waals surface area contributed by atoms with Gasteiger partial charge >= 0.3 is 0 Å². The normalized spacial score (nSPS) is 16.3. The summed E-state index contributed by atoms with van der Waals surface area (Å²) in [6.45, 7) is 2.17. The highest BCUT2D eigenvalue weighted by Crippen LogP contribution is 2.35. The lowest BCUT2D eigenvalue weighted by Gasteiger charge is -2.26. The quantitative estimate of drug-likeness (QED) is 0.507. The van der Waals surface area contributed by atoms with Crippen LogP contribution in [-0.4, -0.2) is 35.5 Å². The third-order valence-corrected chi connectivity index (χ3v) is 6.61. The first-order valence-corrected chi connectivity index (χ1v) is 10.6. The molecule has 6 nitrogen and oxygen atoms in total. The van der Waals surface area contributed by atoms with Crippen LogP contribution in [0.15, 0.2) is 30.3 Å². The zero-order chi connectivity index (χ0) is 20.8. The molecule has 1 saturated heterocycles. The van der Waals surface area contributed by atoms with Gasteiger partial charge in [-0.05, 0) is 43.2 Å². The molecule has 1 aromatic carbocycles. The van der Waals surface area contributed by atoms with Gasteiger partial charge in [0.2, 0.25) is 5.95 Å². The van der Waals surface area contributed by atoms with Crippen molar-refractivity contribution in [3.8, 4) is 10.6 Å². The summed E-state index contributed by atoms with van der Waals surface area (Å²) in [7, 11) is 0. The van der Waals surface area contributed by atoms with E-state index in [1.54, 1.807) is 17.0 Å². The standard InChI is InChI=1S/C21H19F2N5OS/c22-14-5-3-12(11-15(14)24)28-10-7-16-18(21(28)29)30-20(25-16)13-4-6-17(26-19(13)23)27-8-1-2-9-27/h3-6,11H,1-2,7-10,24H2. The molecule has 0 spiro atoms. The van der Waals surface area contributed by atoms with Gasteiger partial charge in [-0.2, -0.15) is 4.39 Å². The second-order valence-corrected chi connectivity index (χ2v) is 8.41. The van der Waals surface area contributed by atoms with Crippen molar-refractivity contribution in [1.82, 2.24) is 9.97 Å². The average Bonchev–Trinajstić information content (AvgIpc) is 3.41. The smallest absolute Gasteiger partial charge is 0.270 e. The van der Waals surface area contributed by atoms with Crippen LogP contribution in [0.25, 0.3) is 10.6 Å². The van der Waals surface area contributed by atoms with E-state index >= 15 is 0 Å². The number of amides is 1. The van der Waals surface area contributed by atoms with Crippen molar-refractivity contribution in [2.75, 3.05) is 35.2 Å². The molecule has 5 rings (SSSR count). The number of carbonyl (C=O) groups excluding carboxylic acids is 1. The van der Waals surface area contributed by atoms with Gasteiger partial charge in [0.15, 0.2) is 0 Å². The van der Waals surface area contributed by atoms with Crippen LogP contribution in [0.3, 0.4) is 0 Å². The Morgan fingerprint density at radius 2 is 1.83 bits per heavy atom. The van der Waals surface area contributed by atoms with Gasteiger partial charge in [-0.25, -0.2) is 14.4 Å². The van der Waals surface area contributed by atoms with Crippen LogP contribution in [-0.2, 0) is 6.42 Å². The zero-order valence-corrected chi connectivity index (χ0v) is 16.9. The minimum absolute atomic E-state index is 0.0117. The summed E-state index contributed by atoms with van der Waals surface area (Å²) in [6.07, 6.45) is 2.70. The van der Waals surface area contributed by atoms with Crippen LogP contribution in [0.2, 0.25) is 0 Å². The number of nitrogens with two attached hydrogens (primary N) is 1. The summed E-state index contributed by atoms with van der Waals surface area (Å²) in [5.41, 5.74) is 7.11. The van der Waals surface area contributed by atoms with E-state index in [0.717, 1.165) is 37.3 Å². The van der Waals surface area contributed by atoms with Gasteiger partial charge in [0.05, 0.1) is 16.9 Å². The number of halogens is 2. The number of rotatable bonds is 3. The monoisotopic (exact) mass is 427 g/mol. The fourth-order valence-electron chi connectivity index (χ4n) is 3.90. The van der Waals surface area contributed by atoms with Crippen molar-refractivity contribution in [3.63, 3.8) is 0 Å². The van der Waals surface area contributed by atoms with Crippen LogP contribution in [0, 0.1) is 11.8 Å². The first-order chi connectivity index (χ1) is 14.5. The van der Waals surface area contributed by atoms with E-state index in [4.69, 9.17) is 5.73 Å². The molecule has 1 fully saturated rings. The Morgan fingerprint density at radius 3 is 2.57 bits per heavy atom. The summed E-state index contributed by atoms with van der Waals surface area (Å²) >= 11 is 1.15. The largest absolute Gasteiger partial charge is 0.396 e. The molecule has 0 atom stereocenters. The zero-order valence-electron chi connectivity index (χ0n) is 16.1. The first kappa shape index (κ1) is 18.9. The number of anilines is 3. The Morgan fingerprint density at radius 1 is 1.03 bits per heavy atom. The summed E-state index contributed by atoms with van der Waals surface area (Å²) < 4.78 is 28.2. The lowest BCUT2D eigenvalue weighted by Crippen LogP contribution is -2.37. The number of nitrogen functional groups attached to an aromatic ring is 1. The number of carbonyl (C=O) groups is 1. The molecule has 0 radical (unpaired) electrons. The van der Waals surface area contributed by atoms with Crippen molar-refractivity contribution >= 4 is 34.4 Å². The second-order valence-electron chi connectivity index (χ2n) is 7.41. The van der Waals surface area contributed by atoms with Crippen LogP contribution >= 0.6 is 11.3 Å². The van der Waals surface area contributed by atoms with Crippen molar-refractivity contribution in [2.45, 2.75) is 19.3 Å². The predicted molar refractivity (Wildman–Crippen MR) is 113 cm³/mol. The Labute approximate surface area is 176 Å². The average molecular weight is 427 g/mol.